The fourth-order valence-corrected chi connectivity index (χ4v) is 2.49. The predicted octanol–water partition coefficient (Wildman–Crippen LogP) is 1.59. The number of sulfonamides is 1. The first-order valence-electron chi connectivity index (χ1n) is 6.33. The lowest BCUT2D eigenvalue weighted by Crippen LogP contribution is -2.38. The molecule has 0 saturated carbocycles. The Labute approximate surface area is 107 Å². The molecule has 0 aromatic heterocycles. The Hall–Kier alpha value is -0.130. The Morgan fingerprint density at radius 2 is 1.76 bits per heavy atom. The van der Waals surface area contributed by atoms with Crippen LogP contribution in [0, 0.1) is 11.3 Å². The van der Waals surface area contributed by atoms with E-state index in [0.29, 0.717) is 18.9 Å². The van der Waals surface area contributed by atoms with Gasteiger partial charge >= 0.3 is 0 Å². The molecule has 0 aliphatic rings. The summed E-state index contributed by atoms with van der Waals surface area (Å²) in [5.74, 6) is 0.678. The highest BCUT2D eigenvalue weighted by Crippen LogP contribution is 2.24. The lowest BCUT2D eigenvalue weighted by atomic mass is 9.81. The van der Waals surface area contributed by atoms with Gasteiger partial charge in [-0.05, 0) is 37.8 Å². The SMILES string of the molecule is CNCCCCS(=O)(=O)NCC(C)(C)C(C)C. The minimum absolute atomic E-state index is 0.00194. The van der Waals surface area contributed by atoms with Gasteiger partial charge in [0.05, 0.1) is 5.75 Å². The number of hydrogen-bond donors (Lipinski definition) is 2. The predicted molar refractivity (Wildman–Crippen MR) is 73.6 cm³/mol. The van der Waals surface area contributed by atoms with Crippen molar-refractivity contribution in [2.45, 2.75) is 40.5 Å². The normalized spacial score (nSPS) is 13.3. The van der Waals surface area contributed by atoms with Crippen molar-refractivity contribution in [3.63, 3.8) is 0 Å². The van der Waals surface area contributed by atoms with Crippen LogP contribution in [0.25, 0.3) is 0 Å². The number of rotatable bonds is 9. The summed E-state index contributed by atoms with van der Waals surface area (Å²) < 4.78 is 26.2. The molecule has 2 N–H and O–H groups in total. The van der Waals surface area contributed by atoms with Gasteiger partial charge in [-0.15, -0.1) is 0 Å². The summed E-state index contributed by atoms with van der Waals surface area (Å²) in [5, 5.41) is 3.01. The molecule has 0 radical (unpaired) electrons. The zero-order valence-electron chi connectivity index (χ0n) is 11.8. The summed E-state index contributed by atoms with van der Waals surface area (Å²) in [4.78, 5) is 0. The summed E-state index contributed by atoms with van der Waals surface area (Å²) in [6, 6.07) is 0. The molecule has 0 amide bonds. The van der Waals surface area contributed by atoms with Gasteiger partial charge in [0.1, 0.15) is 0 Å². The average Bonchev–Trinajstić information content (AvgIpc) is 2.22. The van der Waals surface area contributed by atoms with Crippen molar-refractivity contribution in [3.05, 3.63) is 0 Å². The van der Waals surface area contributed by atoms with Gasteiger partial charge in [-0.25, -0.2) is 13.1 Å². The van der Waals surface area contributed by atoms with E-state index in [1.807, 2.05) is 7.05 Å². The van der Waals surface area contributed by atoms with Crippen molar-refractivity contribution in [2.24, 2.45) is 11.3 Å². The second-order valence-electron chi connectivity index (χ2n) is 5.59. The Morgan fingerprint density at radius 1 is 1.18 bits per heavy atom. The molecule has 0 saturated heterocycles. The van der Waals surface area contributed by atoms with Gasteiger partial charge in [-0.1, -0.05) is 27.7 Å². The van der Waals surface area contributed by atoms with Gasteiger partial charge in [0.15, 0.2) is 0 Å². The fraction of sp³-hybridized carbons (Fsp3) is 1.00. The quantitative estimate of drug-likeness (QED) is 0.622. The van der Waals surface area contributed by atoms with Crippen LogP contribution in [0.3, 0.4) is 0 Å². The van der Waals surface area contributed by atoms with Crippen molar-refractivity contribution < 1.29 is 8.42 Å². The van der Waals surface area contributed by atoms with E-state index >= 15 is 0 Å². The molecule has 0 unspecified atom stereocenters. The number of hydrogen-bond acceptors (Lipinski definition) is 3. The van der Waals surface area contributed by atoms with Gasteiger partial charge in [-0.3, -0.25) is 0 Å². The molecule has 0 spiro atoms. The molecule has 5 heteroatoms. The van der Waals surface area contributed by atoms with Gasteiger partial charge in [0, 0.05) is 6.54 Å². The van der Waals surface area contributed by atoms with E-state index < -0.39 is 10.0 Å². The summed E-state index contributed by atoms with van der Waals surface area (Å²) in [6.45, 7) is 9.77. The van der Waals surface area contributed by atoms with Gasteiger partial charge in [-0.2, -0.15) is 0 Å². The molecule has 4 nitrogen and oxygen atoms in total. The Bertz CT molecular complexity index is 298. The molecule has 0 aromatic carbocycles. The van der Waals surface area contributed by atoms with E-state index in [-0.39, 0.29) is 11.2 Å². The highest BCUT2D eigenvalue weighted by atomic mass is 32.2. The van der Waals surface area contributed by atoms with Crippen LogP contribution in [0.5, 0.6) is 0 Å². The molecule has 0 rings (SSSR count). The minimum atomic E-state index is -3.11. The van der Waals surface area contributed by atoms with E-state index in [1.54, 1.807) is 0 Å². The first-order valence-corrected chi connectivity index (χ1v) is 7.98. The standard InChI is InChI=1S/C12H28N2O2S/c1-11(2)12(3,4)10-14-17(15,16)9-7-6-8-13-5/h11,13-14H,6-10H2,1-5H3. The minimum Gasteiger partial charge on any atom is -0.320 e. The number of nitrogens with one attached hydrogen (secondary N) is 2. The van der Waals surface area contributed by atoms with Crippen LogP contribution < -0.4 is 10.0 Å². The molecular formula is C12H28N2O2S. The Kier molecular flexibility index (Phi) is 7.28. The van der Waals surface area contributed by atoms with Crippen molar-refractivity contribution in [1.29, 1.82) is 0 Å². The van der Waals surface area contributed by atoms with Crippen LogP contribution in [0.15, 0.2) is 0 Å². The van der Waals surface area contributed by atoms with E-state index in [1.165, 1.54) is 0 Å². The second kappa shape index (κ2) is 7.34. The van der Waals surface area contributed by atoms with Crippen LogP contribution in [0.1, 0.15) is 40.5 Å². The zero-order chi connectivity index (χ0) is 13.5. The molecule has 0 aliphatic heterocycles. The van der Waals surface area contributed by atoms with Crippen molar-refractivity contribution in [1.82, 2.24) is 10.0 Å². The number of unbranched alkanes of at least 4 members (excludes halogenated alkanes) is 1. The average molecular weight is 264 g/mol. The summed E-state index contributed by atoms with van der Waals surface area (Å²) in [5.41, 5.74) is -0.00194. The van der Waals surface area contributed by atoms with E-state index in [2.05, 4.69) is 37.7 Å². The summed E-state index contributed by atoms with van der Waals surface area (Å²) in [6.07, 6.45) is 1.60. The first-order chi connectivity index (χ1) is 7.71. The highest BCUT2D eigenvalue weighted by Gasteiger charge is 2.24. The molecule has 17 heavy (non-hydrogen) atoms. The summed E-state index contributed by atoms with van der Waals surface area (Å²) in [7, 11) is -1.23. The monoisotopic (exact) mass is 264 g/mol. The molecule has 0 atom stereocenters. The van der Waals surface area contributed by atoms with Crippen LogP contribution in [0.4, 0.5) is 0 Å². The molecule has 0 bridgehead atoms. The van der Waals surface area contributed by atoms with Crippen molar-refractivity contribution >= 4 is 10.0 Å². The fourth-order valence-electron chi connectivity index (χ4n) is 1.17. The largest absolute Gasteiger partial charge is 0.320 e. The van der Waals surface area contributed by atoms with Gasteiger partial charge < -0.3 is 5.32 Å². The van der Waals surface area contributed by atoms with Crippen LogP contribution in [-0.4, -0.2) is 34.3 Å². The Balaban J connectivity index is 4.02. The third kappa shape index (κ3) is 7.73. The first kappa shape index (κ1) is 16.9. The zero-order valence-corrected chi connectivity index (χ0v) is 12.7. The maximum absolute atomic E-state index is 11.7. The maximum atomic E-state index is 11.7. The van der Waals surface area contributed by atoms with Crippen molar-refractivity contribution in [2.75, 3.05) is 25.9 Å². The van der Waals surface area contributed by atoms with Crippen LogP contribution >= 0.6 is 0 Å². The van der Waals surface area contributed by atoms with Crippen LogP contribution in [-0.2, 0) is 10.0 Å². The van der Waals surface area contributed by atoms with E-state index in [0.717, 1.165) is 13.0 Å². The molecular weight excluding hydrogens is 236 g/mol. The maximum Gasteiger partial charge on any atom is 0.211 e. The second-order valence-corrected chi connectivity index (χ2v) is 7.52. The van der Waals surface area contributed by atoms with Crippen LogP contribution in [0.2, 0.25) is 0 Å². The van der Waals surface area contributed by atoms with E-state index in [9.17, 15) is 8.42 Å². The lowest BCUT2D eigenvalue weighted by molar-refractivity contribution is 0.252. The molecule has 104 valence electrons. The van der Waals surface area contributed by atoms with Crippen molar-refractivity contribution in [3.8, 4) is 0 Å². The molecule has 0 aromatic rings. The molecule has 0 heterocycles. The molecule has 0 aliphatic carbocycles. The van der Waals surface area contributed by atoms with E-state index in [4.69, 9.17) is 0 Å². The third-order valence-electron chi connectivity index (χ3n) is 3.40. The Morgan fingerprint density at radius 3 is 2.24 bits per heavy atom. The van der Waals surface area contributed by atoms with Gasteiger partial charge in [0.25, 0.3) is 0 Å². The third-order valence-corrected chi connectivity index (χ3v) is 4.81. The topological polar surface area (TPSA) is 58.2 Å². The smallest absolute Gasteiger partial charge is 0.211 e. The summed E-state index contributed by atoms with van der Waals surface area (Å²) >= 11 is 0. The highest BCUT2D eigenvalue weighted by molar-refractivity contribution is 7.89. The molecule has 0 fully saturated rings. The lowest BCUT2D eigenvalue weighted by Gasteiger charge is -2.29. The van der Waals surface area contributed by atoms with Gasteiger partial charge in [0.2, 0.25) is 10.0 Å².